The van der Waals surface area contributed by atoms with Gasteiger partial charge in [0, 0.05) is 0 Å². The molecule has 0 bridgehead atoms. The second-order valence-corrected chi connectivity index (χ2v) is 4.71. The van der Waals surface area contributed by atoms with Crippen LogP contribution in [0.5, 0.6) is 11.5 Å². The summed E-state index contributed by atoms with van der Waals surface area (Å²) < 4.78 is 34.2. The Kier molecular flexibility index (Phi) is 4.58. The summed E-state index contributed by atoms with van der Waals surface area (Å²) in [6, 6.07) is 4.60. The van der Waals surface area contributed by atoms with Crippen LogP contribution in [0.15, 0.2) is 18.2 Å². The number of rotatable bonds is 7. The van der Waals surface area contributed by atoms with Crippen molar-refractivity contribution in [3.63, 3.8) is 0 Å². The number of benzene rings is 1. The van der Waals surface area contributed by atoms with Gasteiger partial charge in [0.1, 0.15) is 0 Å². The topological polar surface area (TPSA) is 38.7 Å². The Balaban J connectivity index is 2.13. The van der Waals surface area contributed by atoms with Crippen LogP contribution < -0.4 is 9.47 Å². The summed E-state index contributed by atoms with van der Waals surface area (Å²) in [6.07, 6.45) is 2.44. The van der Waals surface area contributed by atoms with Gasteiger partial charge in [-0.25, -0.2) is 0 Å². The second-order valence-electron chi connectivity index (χ2n) is 4.71. The number of aliphatic hydroxyl groups excluding tert-OH is 1. The quantitative estimate of drug-likeness (QED) is 0.825. The summed E-state index contributed by atoms with van der Waals surface area (Å²) in [5, 5.41) is 10.1. The molecule has 106 valence electrons. The average Bonchev–Trinajstić information content (AvgIpc) is 3.15. The van der Waals surface area contributed by atoms with Crippen molar-refractivity contribution >= 4 is 0 Å². The lowest BCUT2D eigenvalue weighted by Crippen LogP contribution is -2.06. The first-order valence-corrected chi connectivity index (χ1v) is 6.49. The predicted molar refractivity (Wildman–Crippen MR) is 66.5 cm³/mol. The molecule has 3 nitrogen and oxygen atoms in total. The number of halogens is 2. The smallest absolute Gasteiger partial charge is 0.387 e. The molecular weight excluding hydrogens is 254 g/mol. The molecule has 1 unspecified atom stereocenters. The van der Waals surface area contributed by atoms with Gasteiger partial charge in [-0.2, -0.15) is 8.78 Å². The lowest BCUT2D eigenvalue weighted by molar-refractivity contribution is -0.0514. The van der Waals surface area contributed by atoms with Crippen molar-refractivity contribution in [3.8, 4) is 11.5 Å². The minimum Gasteiger partial charge on any atom is -0.490 e. The lowest BCUT2D eigenvalue weighted by Gasteiger charge is -2.15. The molecule has 1 aliphatic carbocycles. The van der Waals surface area contributed by atoms with Crippen LogP contribution in [0.2, 0.25) is 0 Å². The van der Waals surface area contributed by atoms with E-state index in [1.165, 1.54) is 6.07 Å². The minimum absolute atomic E-state index is 0.000720. The average molecular weight is 272 g/mol. The second kappa shape index (κ2) is 6.19. The molecule has 0 radical (unpaired) electrons. The SMILES string of the molecule is CCOc1cc(C(O)CC2CC2)ccc1OC(F)F. The van der Waals surface area contributed by atoms with Crippen LogP contribution in [0.1, 0.15) is 37.9 Å². The van der Waals surface area contributed by atoms with Crippen LogP contribution >= 0.6 is 0 Å². The largest absolute Gasteiger partial charge is 0.490 e. The van der Waals surface area contributed by atoms with Gasteiger partial charge in [-0.05, 0) is 37.0 Å². The number of alkyl halides is 2. The fourth-order valence-corrected chi connectivity index (χ4v) is 2.00. The van der Waals surface area contributed by atoms with Gasteiger partial charge < -0.3 is 14.6 Å². The fraction of sp³-hybridized carbons (Fsp3) is 0.571. The third-order valence-electron chi connectivity index (χ3n) is 3.12. The molecule has 1 saturated carbocycles. The van der Waals surface area contributed by atoms with Gasteiger partial charge in [0.15, 0.2) is 11.5 Å². The molecule has 1 aliphatic rings. The first-order chi connectivity index (χ1) is 9.10. The summed E-state index contributed by atoms with van der Waals surface area (Å²) in [6.45, 7) is -0.775. The van der Waals surface area contributed by atoms with Crippen LogP contribution in [-0.4, -0.2) is 18.3 Å². The van der Waals surface area contributed by atoms with E-state index in [1.807, 2.05) is 0 Å². The molecular formula is C14H18F2O3. The molecule has 1 aromatic carbocycles. The van der Waals surface area contributed by atoms with Crippen molar-refractivity contribution in [1.29, 1.82) is 0 Å². The Bertz CT molecular complexity index is 419. The highest BCUT2D eigenvalue weighted by atomic mass is 19.3. The van der Waals surface area contributed by atoms with Gasteiger partial charge in [0.05, 0.1) is 12.7 Å². The van der Waals surface area contributed by atoms with E-state index in [9.17, 15) is 13.9 Å². The van der Waals surface area contributed by atoms with Crippen molar-refractivity contribution in [2.45, 2.75) is 38.9 Å². The maximum absolute atomic E-state index is 12.3. The zero-order valence-corrected chi connectivity index (χ0v) is 10.8. The molecule has 0 aromatic heterocycles. The Morgan fingerprint density at radius 2 is 2.05 bits per heavy atom. The van der Waals surface area contributed by atoms with E-state index >= 15 is 0 Å². The molecule has 0 heterocycles. The summed E-state index contributed by atoms with van der Waals surface area (Å²) in [5.74, 6) is 0.830. The van der Waals surface area contributed by atoms with Crippen molar-refractivity contribution < 1.29 is 23.4 Å². The molecule has 2 rings (SSSR count). The summed E-state index contributed by atoms with van der Waals surface area (Å²) >= 11 is 0. The number of hydrogen-bond donors (Lipinski definition) is 1. The number of ether oxygens (including phenoxy) is 2. The van der Waals surface area contributed by atoms with E-state index in [1.54, 1.807) is 19.1 Å². The Morgan fingerprint density at radius 1 is 1.32 bits per heavy atom. The zero-order valence-electron chi connectivity index (χ0n) is 10.8. The highest BCUT2D eigenvalue weighted by Gasteiger charge is 2.25. The van der Waals surface area contributed by atoms with Gasteiger partial charge >= 0.3 is 6.61 Å². The molecule has 1 aromatic rings. The van der Waals surface area contributed by atoms with Crippen molar-refractivity contribution in [2.75, 3.05) is 6.61 Å². The van der Waals surface area contributed by atoms with Gasteiger partial charge in [0.25, 0.3) is 0 Å². The molecule has 1 N–H and O–H groups in total. The van der Waals surface area contributed by atoms with Crippen LogP contribution in [-0.2, 0) is 0 Å². The molecule has 1 atom stereocenters. The van der Waals surface area contributed by atoms with E-state index in [-0.39, 0.29) is 11.5 Å². The molecule has 0 aliphatic heterocycles. The third kappa shape index (κ3) is 4.06. The number of hydrogen-bond acceptors (Lipinski definition) is 3. The summed E-state index contributed by atoms with van der Waals surface area (Å²) in [7, 11) is 0. The lowest BCUT2D eigenvalue weighted by atomic mass is 10.0. The van der Waals surface area contributed by atoms with E-state index in [2.05, 4.69) is 4.74 Å². The van der Waals surface area contributed by atoms with Crippen LogP contribution in [0.3, 0.4) is 0 Å². The summed E-state index contributed by atoms with van der Waals surface area (Å²) in [5.41, 5.74) is 0.678. The number of aliphatic hydroxyl groups is 1. The van der Waals surface area contributed by atoms with Gasteiger partial charge in [-0.1, -0.05) is 18.9 Å². The standard InChI is InChI=1S/C14H18F2O3/c1-2-18-13-8-10(11(17)7-9-3-4-9)5-6-12(13)19-14(15)16/h5-6,8-9,11,14,17H,2-4,7H2,1H3. The maximum Gasteiger partial charge on any atom is 0.387 e. The summed E-state index contributed by atoms with van der Waals surface area (Å²) in [4.78, 5) is 0. The molecule has 1 fully saturated rings. The van der Waals surface area contributed by atoms with E-state index < -0.39 is 12.7 Å². The van der Waals surface area contributed by atoms with Gasteiger partial charge in [-0.3, -0.25) is 0 Å². The monoisotopic (exact) mass is 272 g/mol. The van der Waals surface area contributed by atoms with Crippen LogP contribution in [0.25, 0.3) is 0 Å². The first-order valence-electron chi connectivity index (χ1n) is 6.49. The highest BCUT2D eigenvalue weighted by molar-refractivity contribution is 5.43. The Labute approximate surface area is 111 Å². The maximum atomic E-state index is 12.3. The van der Waals surface area contributed by atoms with Crippen LogP contribution in [0.4, 0.5) is 8.78 Å². The molecule has 5 heteroatoms. The van der Waals surface area contributed by atoms with Crippen molar-refractivity contribution in [2.24, 2.45) is 5.92 Å². The van der Waals surface area contributed by atoms with E-state index in [0.717, 1.165) is 12.8 Å². The molecule has 0 spiro atoms. The Morgan fingerprint density at radius 3 is 2.63 bits per heavy atom. The van der Waals surface area contributed by atoms with E-state index in [4.69, 9.17) is 4.74 Å². The van der Waals surface area contributed by atoms with Gasteiger partial charge in [-0.15, -0.1) is 0 Å². The molecule has 0 saturated heterocycles. The molecule has 19 heavy (non-hydrogen) atoms. The first kappa shape index (κ1) is 14.1. The third-order valence-corrected chi connectivity index (χ3v) is 3.12. The highest BCUT2D eigenvalue weighted by Crippen LogP contribution is 2.39. The minimum atomic E-state index is -2.89. The fourth-order valence-electron chi connectivity index (χ4n) is 2.00. The normalized spacial score (nSPS) is 16.5. The van der Waals surface area contributed by atoms with Crippen molar-refractivity contribution in [3.05, 3.63) is 23.8 Å². The van der Waals surface area contributed by atoms with Crippen LogP contribution in [0, 0.1) is 5.92 Å². The molecule has 0 amide bonds. The van der Waals surface area contributed by atoms with E-state index in [0.29, 0.717) is 24.5 Å². The zero-order chi connectivity index (χ0) is 13.8. The van der Waals surface area contributed by atoms with Gasteiger partial charge in [0.2, 0.25) is 0 Å². The predicted octanol–water partition coefficient (Wildman–Crippen LogP) is 3.52. The van der Waals surface area contributed by atoms with Crippen molar-refractivity contribution in [1.82, 2.24) is 0 Å². The Hall–Kier alpha value is -1.36.